The fourth-order valence-corrected chi connectivity index (χ4v) is 3.38. The molecule has 1 aromatic rings. The van der Waals surface area contributed by atoms with Crippen LogP contribution in [0.25, 0.3) is 0 Å². The third-order valence-corrected chi connectivity index (χ3v) is 4.85. The van der Waals surface area contributed by atoms with Gasteiger partial charge in [0.15, 0.2) is 11.6 Å². The van der Waals surface area contributed by atoms with Gasteiger partial charge in [0.05, 0.1) is 11.4 Å². The first-order valence-corrected chi connectivity index (χ1v) is 7.70. The van der Waals surface area contributed by atoms with Crippen molar-refractivity contribution in [3.8, 4) is 5.75 Å². The number of alkyl halides is 2. The van der Waals surface area contributed by atoms with Crippen LogP contribution < -0.4 is 15.4 Å². The van der Waals surface area contributed by atoms with Gasteiger partial charge in [0.2, 0.25) is 0 Å². The Morgan fingerprint density at radius 3 is 2.71 bits per heavy atom. The van der Waals surface area contributed by atoms with Gasteiger partial charge < -0.3 is 15.4 Å². The summed E-state index contributed by atoms with van der Waals surface area (Å²) in [6.07, 6.45) is 0.930. The summed E-state index contributed by atoms with van der Waals surface area (Å²) < 4.78 is 42.6. The normalized spacial score (nSPS) is 18.7. The molecule has 21 heavy (non-hydrogen) atoms. The lowest BCUT2D eigenvalue weighted by molar-refractivity contribution is -0.0521. The fourth-order valence-electron chi connectivity index (χ4n) is 2.28. The first-order chi connectivity index (χ1) is 9.78. The van der Waals surface area contributed by atoms with Gasteiger partial charge in [0, 0.05) is 35.7 Å². The SMILES string of the molecule is CC1(C)CCN(c2cc(OC(F)F)c(F)cc2N)CCS1. The van der Waals surface area contributed by atoms with E-state index in [1.165, 1.54) is 6.07 Å². The number of nitrogens with two attached hydrogens (primary N) is 1. The minimum Gasteiger partial charge on any atom is -0.432 e. The first kappa shape index (κ1) is 16.1. The zero-order valence-electron chi connectivity index (χ0n) is 12.0. The molecular formula is C14H19F3N2OS. The van der Waals surface area contributed by atoms with Crippen LogP contribution in [0.1, 0.15) is 20.3 Å². The molecule has 2 rings (SSSR count). The van der Waals surface area contributed by atoms with E-state index in [4.69, 9.17) is 5.73 Å². The van der Waals surface area contributed by atoms with Crippen LogP contribution in [0.2, 0.25) is 0 Å². The topological polar surface area (TPSA) is 38.5 Å². The van der Waals surface area contributed by atoms with E-state index < -0.39 is 18.2 Å². The predicted molar refractivity (Wildman–Crippen MR) is 80.8 cm³/mol. The molecule has 0 aliphatic carbocycles. The Labute approximate surface area is 126 Å². The van der Waals surface area contributed by atoms with Crippen LogP contribution in [0, 0.1) is 5.82 Å². The highest BCUT2D eigenvalue weighted by atomic mass is 32.2. The average Bonchev–Trinajstić information content (AvgIpc) is 2.53. The van der Waals surface area contributed by atoms with Gasteiger partial charge in [0.25, 0.3) is 0 Å². The third kappa shape index (κ3) is 4.12. The quantitative estimate of drug-likeness (QED) is 0.861. The molecule has 1 aliphatic heterocycles. The lowest BCUT2D eigenvalue weighted by atomic mass is 10.1. The highest BCUT2D eigenvalue weighted by Crippen LogP contribution is 2.36. The highest BCUT2D eigenvalue weighted by Gasteiger charge is 2.25. The van der Waals surface area contributed by atoms with Crippen molar-refractivity contribution >= 4 is 23.1 Å². The molecule has 2 N–H and O–H groups in total. The molecule has 3 nitrogen and oxygen atoms in total. The number of thioether (sulfide) groups is 1. The Bertz CT molecular complexity index is 511. The van der Waals surface area contributed by atoms with Gasteiger partial charge in [-0.3, -0.25) is 0 Å². The molecule has 7 heteroatoms. The highest BCUT2D eigenvalue weighted by molar-refractivity contribution is 8.00. The summed E-state index contributed by atoms with van der Waals surface area (Å²) in [4.78, 5) is 1.99. The second-order valence-corrected chi connectivity index (χ2v) is 7.37. The second kappa shape index (κ2) is 6.25. The van der Waals surface area contributed by atoms with E-state index >= 15 is 0 Å². The molecule has 0 saturated carbocycles. The van der Waals surface area contributed by atoms with Crippen molar-refractivity contribution in [2.75, 3.05) is 29.5 Å². The van der Waals surface area contributed by atoms with Gasteiger partial charge >= 0.3 is 6.61 Å². The molecule has 0 amide bonds. The zero-order chi connectivity index (χ0) is 15.6. The molecule has 1 aliphatic rings. The minimum atomic E-state index is -3.06. The molecule has 1 heterocycles. The number of halogens is 3. The van der Waals surface area contributed by atoms with Crippen molar-refractivity contribution in [1.82, 2.24) is 0 Å². The van der Waals surface area contributed by atoms with Crippen molar-refractivity contribution < 1.29 is 17.9 Å². The Hall–Kier alpha value is -1.24. The van der Waals surface area contributed by atoms with Gasteiger partial charge in [-0.1, -0.05) is 13.8 Å². The molecule has 0 radical (unpaired) electrons. The maximum absolute atomic E-state index is 13.6. The smallest absolute Gasteiger partial charge is 0.387 e. The van der Waals surface area contributed by atoms with E-state index in [2.05, 4.69) is 18.6 Å². The van der Waals surface area contributed by atoms with Gasteiger partial charge in [-0.05, 0) is 6.42 Å². The summed E-state index contributed by atoms with van der Waals surface area (Å²) in [5, 5.41) is 0. The maximum atomic E-state index is 13.6. The van der Waals surface area contributed by atoms with Crippen LogP contribution in [0.3, 0.4) is 0 Å². The lowest BCUT2D eigenvalue weighted by Crippen LogP contribution is -2.27. The minimum absolute atomic E-state index is 0.159. The Kier molecular flexibility index (Phi) is 4.81. The summed E-state index contributed by atoms with van der Waals surface area (Å²) in [5.41, 5.74) is 6.62. The van der Waals surface area contributed by atoms with Crippen molar-refractivity contribution in [3.63, 3.8) is 0 Å². The third-order valence-electron chi connectivity index (χ3n) is 3.48. The first-order valence-electron chi connectivity index (χ1n) is 6.71. The molecule has 0 aromatic heterocycles. The van der Waals surface area contributed by atoms with E-state index in [0.29, 0.717) is 5.69 Å². The summed E-state index contributed by atoms with van der Waals surface area (Å²) >= 11 is 1.86. The summed E-state index contributed by atoms with van der Waals surface area (Å²) in [5.74, 6) is -0.444. The van der Waals surface area contributed by atoms with Crippen LogP contribution in [0.4, 0.5) is 24.5 Å². The molecule has 0 atom stereocenters. The van der Waals surface area contributed by atoms with Crippen molar-refractivity contribution in [2.24, 2.45) is 0 Å². The Morgan fingerprint density at radius 1 is 1.33 bits per heavy atom. The molecule has 1 fully saturated rings. The van der Waals surface area contributed by atoms with Gasteiger partial charge in [-0.25, -0.2) is 4.39 Å². The number of nitrogens with zero attached hydrogens (tertiary/aromatic N) is 1. The molecule has 0 bridgehead atoms. The second-order valence-electron chi connectivity index (χ2n) is 5.57. The average molecular weight is 320 g/mol. The molecule has 1 aromatic carbocycles. The van der Waals surface area contributed by atoms with Crippen LogP contribution in [0.15, 0.2) is 12.1 Å². The summed E-state index contributed by atoms with van der Waals surface area (Å²) in [6, 6.07) is 2.30. The largest absolute Gasteiger partial charge is 0.432 e. The number of hydrogen-bond acceptors (Lipinski definition) is 4. The standard InChI is InChI=1S/C14H19F3N2OS/c1-14(2)3-4-19(5-6-21-14)11-8-12(20-13(16)17)9(15)7-10(11)18/h7-8,13H,3-6,18H2,1-2H3. The van der Waals surface area contributed by atoms with Crippen molar-refractivity contribution in [1.29, 1.82) is 0 Å². The van der Waals surface area contributed by atoms with Gasteiger partial charge in [0.1, 0.15) is 0 Å². The number of nitrogen functional groups attached to an aromatic ring is 1. The fraction of sp³-hybridized carbons (Fsp3) is 0.571. The number of ether oxygens (including phenoxy) is 1. The lowest BCUT2D eigenvalue weighted by Gasteiger charge is -2.26. The van der Waals surface area contributed by atoms with Crippen LogP contribution >= 0.6 is 11.8 Å². The Balaban J connectivity index is 2.26. The number of hydrogen-bond donors (Lipinski definition) is 1. The molecule has 1 saturated heterocycles. The van der Waals surface area contributed by atoms with Crippen LogP contribution in [0.5, 0.6) is 5.75 Å². The van der Waals surface area contributed by atoms with Crippen molar-refractivity contribution in [2.45, 2.75) is 31.6 Å². The predicted octanol–water partition coefficient (Wildman–Crippen LogP) is 3.73. The molecule has 0 unspecified atom stereocenters. The summed E-state index contributed by atoms with van der Waals surface area (Å²) in [6.45, 7) is 2.75. The molecular weight excluding hydrogens is 301 g/mol. The van der Waals surface area contributed by atoms with Crippen LogP contribution in [-0.2, 0) is 0 Å². The molecule has 0 spiro atoms. The van der Waals surface area contributed by atoms with E-state index in [1.54, 1.807) is 0 Å². The van der Waals surface area contributed by atoms with E-state index in [1.807, 2.05) is 16.7 Å². The maximum Gasteiger partial charge on any atom is 0.387 e. The van der Waals surface area contributed by atoms with Gasteiger partial charge in [-0.15, -0.1) is 0 Å². The van der Waals surface area contributed by atoms with E-state index in [0.717, 1.165) is 31.3 Å². The molecule has 118 valence electrons. The van der Waals surface area contributed by atoms with Gasteiger partial charge in [-0.2, -0.15) is 20.5 Å². The van der Waals surface area contributed by atoms with Crippen molar-refractivity contribution in [3.05, 3.63) is 17.9 Å². The zero-order valence-corrected chi connectivity index (χ0v) is 12.9. The Morgan fingerprint density at radius 2 is 2.05 bits per heavy atom. The number of anilines is 2. The van der Waals surface area contributed by atoms with E-state index in [-0.39, 0.29) is 10.4 Å². The van der Waals surface area contributed by atoms with Crippen LogP contribution in [-0.4, -0.2) is 30.2 Å². The van der Waals surface area contributed by atoms with E-state index in [9.17, 15) is 13.2 Å². The number of benzene rings is 1. The number of rotatable bonds is 3. The summed E-state index contributed by atoms with van der Waals surface area (Å²) in [7, 11) is 0. The monoisotopic (exact) mass is 320 g/mol.